The van der Waals surface area contributed by atoms with E-state index in [1.807, 2.05) is 0 Å². The number of fused-ring (bicyclic) bond motifs is 1. The highest BCUT2D eigenvalue weighted by atomic mass is 19.1. The molecule has 28 heavy (non-hydrogen) atoms. The number of ether oxygens (including phenoxy) is 1. The number of rotatable bonds is 4. The van der Waals surface area contributed by atoms with Gasteiger partial charge in [-0.05, 0) is 49.2 Å². The summed E-state index contributed by atoms with van der Waals surface area (Å²) in [6.45, 7) is 2.28. The van der Waals surface area contributed by atoms with E-state index in [0.29, 0.717) is 47.3 Å². The second-order valence-electron chi connectivity index (χ2n) is 6.53. The minimum Gasteiger partial charge on any atom is -0.454 e. The van der Waals surface area contributed by atoms with Crippen LogP contribution < -0.4 is 10.1 Å². The largest absolute Gasteiger partial charge is 0.454 e. The Morgan fingerprint density at radius 1 is 1.11 bits per heavy atom. The van der Waals surface area contributed by atoms with Gasteiger partial charge < -0.3 is 15.0 Å². The van der Waals surface area contributed by atoms with E-state index in [9.17, 15) is 18.4 Å². The van der Waals surface area contributed by atoms with Crippen LogP contribution in [0.25, 0.3) is 11.3 Å². The summed E-state index contributed by atoms with van der Waals surface area (Å²) in [7, 11) is 0. The maximum absolute atomic E-state index is 14.1. The van der Waals surface area contributed by atoms with E-state index in [1.54, 1.807) is 25.1 Å². The van der Waals surface area contributed by atoms with Gasteiger partial charge in [-0.25, -0.2) is 8.78 Å². The van der Waals surface area contributed by atoms with Crippen LogP contribution in [0.2, 0.25) is 0 Å². The molecule has 0 radical (unpaired) electrons. The lowest BCUT2D eigenvalue weighted by Crippen LogP contribution is -2.31. The number of nitrogens with one attached hydrogen (secondary N) is 2. The van der Waals surface area contributed by atoms with Crippen molar-refractivity contribution in [2.45, 2.75) is 13.3 Å². The average molecular weight is 382 g/mol. The number of hydrogen-bond donors (Lipinski definition) is 2. The Kier molecular flexibility index (Phi) is 4.43. The summed E-state index contributed by atoms with van der Waals surface area (Å²) in [5, 5.41) is 2.80. The maximum atomic E-state index is 14.1. The topological polar surface area (TPSA) is 71.2 Å². The number of carbonyl (C=O) groups is 2. The number of halogens is 2. The molecule has 0 saturated carbocycles. The van der Waals surface area contributed by atoms with Gasteiger partial charge >= 0.3 is 0 Å². The van der Waals surface area contributed by atoms with Gasteiger partial charge in [0, 0.05) is 29.4 Å². The lowest BCUT2D eigenvalue weighted by molar-refractivity contribution is 0.0945. The van der Waals surface area contributed by atoms with Gasteiger partial charge in [0.2, 0.25) is 0 Å². The molecule has 3 aromatic rings. The minimum absolute atomic E-state index is 0.142. The molecule has 1 aromatic heterocycles. The molecule has 1 aliphatic rings. The van der Waals surface area contributed by atoms with Crippen LogP contribution >= 0.6 is 0 Å². The summed E-state index contributed by atoms with van der Waals surface area (Å²) in [6.07, 6.45) is 1.30. The number of carbonyl (C=O) groups excluding carboxylic acids is 2. The Morgan fingerprint density at radius 3 is 2.64 bits per heavy atom. The molecule has 0 bridgehead atoms. The van der Waals surface area contributed by atoms with Crippen molar-refractivity contribution < 1.29 is 23.1 Å². The maximum Gasteiger partial charge on any atom is 0.253 e. The fourth-order valence-corrected chi connectivity index (χ4v) is 3.44. The molecule has 0 aliphatic carbocycles. The number of amides is 1. The summed E-state index contributed by atoms with van der Waals surface area (Å²) < 4.78 is 32.9. The Hall–Kier alpha value is -3.48. The molecule has 142 valence electrons. The number of aryl methyl sites for hydroxylation is 1. The predicted octanol–water partition coefficient (Wildman–Crippen LogP) is 4.16. The van der Waals surface area contributed by atoms with Crippen LogP contribution in [0.5, 0.6) is 11.5 Å². The third-order valence-electron chi connectivity index (χ3n) is 4.70. The summed E-state index contributed by atoms with van der Waals surface area (Å²) in [6, 6.07) is 7.74. The van der Waals surface area contributed by atoms with Crippen molar-refractivity contribution in [3.05, 3.63) is 70.4 Å². The van der Waals surface area contributed by atoms with Gasteiger partial charge in [0.15, 0.2) is 11.6 Å². The number of aromatic amines is 1. The number of aldehydes is 1. The number of aromatic nitrogens is 1. The van der Waals surface area contributed by atoms with E-state index in [-0.39, 0.29) is 17.4 Å². The summed E-state index contributed by atoms with van der Waals surface area (Å²) in [4.78, 5) is 26.7. The summed E-state index contributed by atoms with van der Waals surface area (Å²) in [5.74, 6) is -1.57. The van der Waals surface area contributed by atoms with E-state index < -0.39 is 11.6 Å². The molecule has 7 heteroatoms. The lowest BCUT2D eigenvalue weighted by atomic mass is 9.97. The summed E-state index contributed by atoms with van der Waals surface area (Å²) >= 11 is 0. The molecular weight excluding hydrogens is 366 g/mol. The number of H-pyrrole nitrogens is 1. The molecule has 0 unspecified atom stereocenters. The molecule has 0 fully saturated rings. The third kappa shape index (κ3) is 3.05. The van der Waals surface area contributed by atoms with Gasteiger partial charge in [0.25, 0.3) is 5.91 Å². The molecule has 0 saturated heterocycles. The first kappa shape index (κ1) is 17.9. The van der Waals surface area contributed by atoms with Crippen LogP contribution in [0.3, 0.4) is 0 Å². The van der Waals surface area contributed by atoms with Crippen LogP contribution in [0.4, 0.5) is 8.78 Å². The van der Waals surface area contributed by atoms with Crippen LogP contribution in [-0.2, 0) is 6.42 Å². The first-order valence-electron chi connectivity index (χ1n) is 8.70. The van der Waals surface area contributed by atoms with E-state index in [4.69, 9.17) is 4.74 Å². The zero-order valence-electron chi connectivity index (χ0n) is 14.9. The van der Waals surface area contributed by atoms with Gasteiger partial charge in [0.1, 0.15) is 17.9 Å². The van der Waals surface area contributed by atoms with Crippen molar-refractivity contribution in [2.24, 2.45) is 0 Å². The van der Waals surface area contributed by atoms with E-state index >= 15 is 0 Å². The molecule has 1 amide bonds. The van der Waals surface area contributed by atoms with Crippen molar-refractivity contribution in [3.8, 4) is 22.8 Å². The molecule has 2 heterocycles. The van der Waals surface area contributed by atoms with Crippen molar-refractivity contribution >= 4 is 12.2 Å². The minimum atomic E-state index is -0.838. The highest BCUT2D eigenvalue weighted by molar-refractivity contribution is 6.00. The molecule has 4 rings (SSSR count). The summed E-state index contributed by atoms with van der Waals surface area (Å²) in [5.41, 5.74) is 3.64. The third-order valence-corrected chi connectivity index (χ3v) is 4.70. The van der Waals surface area contributed by atoms with Gasteiger partial charge in [-0.15, -0.1) is 0 Å². The monoisotopic (exact) mass is 382 g/mol. The van der Waals surface area contributed by atoms with Crippen LogP contribution in [0.1, 0.15) is 32.0 Å². The normalized spacial score (nSPS) is 13.0. The van der Waals surface area contributed by atoms with Crippen LogP contribution in [-0.4, -0.2) is 23.7 Å². The zero-order valence-corrected chi connectivity index (χ0v) is 14.9. The van der Waals surface area contributed by atoms with Crippen molar-refractivity contribution in [1.82, 2.24) is 10.3 Å². The first-order chi connectivity index (χ1) is 13.5. The van der Waals surface area contributed by atoms with Gasteiger partial charge in [-0.3, -0.25) is 9.59 Å². The number of hydrogen-bond acceptors (Lipinski definition) is 3. The van der Waals surface area contributed by atoms with E-state index in [1.165, 1.54) is 6.07 Å². The molecule has 2 N–H and O–H groups in total. The fourth-order valence-electron chi connectivity index (χ4n) is 3.44. The highest BCUT2D eigenvalue weighted by Gasteiger charge is 2.26. The van der Waals surface area contributed by atoms with Gasteiger partial charge in [-0.1, -0.05) is 0 Å². The van der Waals surface area contributed by atoms with Crippen molar-refractivity contribution in [2.75, 3.05) is 6.54 Å². The Balaban J connectivity index is 1.86. The van der Waals surface area contributed by atoms with Gasteiger partial charge in [0.05, 0.1) is 11.3 Å². The fraction of sp³-hybridized carbons (Fsp3) is 0.143. The average Bonchev–Trinajstić information content (AvgIpc) is 3.02. The smallest absolute Gasteiger partial charge is 0.253 e. The Morgan fingerprint density at radius 2 is 1.89 bits per heavy atom. The lowest BCUT2D eigenvalue weighted by Gasteiger charge is -2.16. The Labute approximate surface area is 159 Å². The quantitative estimate of drug-likeness (QED) is 0.666. The second-order valence-corrected chi connectivity index (χ2v) is 6.53. The van der Waals surface area contributed by atoms with Gasteiger partial charge in [-0.2, -0.15) is 0 Å². The zero-order chi connectivity index (χ0) is 19.8. The van der Waals surface area contributed by atoms with E-state index in [0.717, 1.165) is 17.7 Å². The first-order valence-corrected chi connectivity index (χ1v) is 8.70. The molecule has 1 aliphatic heterocycles. The molecule has 5 nitrogen and oxygen atoms in total. The molecule has 0 atom stereocenters. The molecule has 0 spiro atoms. The highest BCUT2D eigenvalue weighted by Crippen LogP contribution is 2.38. The number of benzene rings is 2. The molecule has 2 aromatic carbocycles. The van der Waals surface area contributed by atoms with Crippen LogP contribution in [0.15, 0.2) is 36.4 Å². The predicted molar refractivity (Wildman–Crippen MR) is 98.8 cm³/mol. The Bertz CT molecular complexity index is 1110. The van der Waals surface area contributed by atoms with Crippen molar-refractivity contribution in [3.63, 3.8) is 0 Å². The second kappa shape index (κ2) is 6.92. The molecular formula is C21H16F2N2O3. The standard InChI is InChI=1S/C21H16F2N2O3/c1-11-19-14(6-7-24-21(19)27)20(25-11)15-8-12(10-26)2-4-17(15)28-18-5-3-13(22)9-16(18)23/h2-5,8-10,25H,6-7H2,1H3,(H,24,27). The van der Waals surface area contributed by atoms with E-state index in [2.05, 4.69) is 10.3 Å². The SMILES string of the molecule is Cc1[nH]c(-c2cc(C=O)ccc2Oc2ccc(F)cc2F)c2c1C(=O)NCC2. The van der Waals surface area contributed by atoms with Crippen LogP contribution in [0, 0.1) is 18.6 Å². The van der Waals surface area contributed by atoms with Crippen molar-refractivity contribution in [1.29, 1.82) is 0 Å².